The van der Waals surface area contributed by atoms with Crippen molar-refractivity contribution in [3.05, 3.63) is 11.2 Å². The molecule has 2 heterocycles. The average molecular weight is 258 g/mol. The zero-order valence-electron chi connectivity index (χ0n) is 9.43. The highest BCUT2D eigenvalue weighted by Crippen LogP contribution is 2.27. The van der Waals surface area contributed by atoms with Crippen LogP contribution < -0.4 is 16.2 Å². The molecule has 1 fully saturated rings. The average Bonchev–Trinajstić information content (AvgIpc) is 2.39. The van der Waals surface area contributed by atoms with E-state index in [0.717, 1.165) is 25.9 Å². The van der Waals surface area contributed by atoms with Crippen LogP contribution in [0.3, 0.4) is 0 Å². The number of hydrogen-bond donors (Lipinski definition) is 3. The predicted octanol–water partition coefficient (Wildman–Crippen LogP) is 0.624. The summed E-state index contributed by atoms with van der Waals surface area (Å²) in [5, 5.41) is 9.70. The molecule has 0 amide bonds. The number of aromatic nitrogens is 2. The Bertz CT molecular complexity index is 389. The van der Waals surface area contributed by atoms with E-state index in [1.165, 1.54) is 6.20 Å². The van der Waals surface area contributed by atoms with E-state index in [9.17, 15) is 5.11 Å². The van der Waals surface area contributed by atoms with Crippen LogP contribution in [0.15, 0.2) is 6.20 Å². The van der Waals surface area contributed by atoms with Gasteiger partial charge in [0.2, 0.25) is 5.95 Å². The van der Waals surface area contributed by atoms with Crippen molar-refractivity contribution in [1.29, 1.82) is 0 Å². The summed E-state index contributed by atoms with van der Waals surface area (Å²) < 4.78 is 0. The Balaban J connectivity index is 2.20. The molecule has 1 aromatic rings. The first-order valence-corrected chi connectivity index (χ1v) is 5.97. The molecule has 6 nitrogen and oxygen atoms in total. The van der Waals surface area contributed by atoms with Crippen molar-refractivity contribution >= 4 is 23.4 Å². The summed E-state index contributed by atoms with van der Waals surface area (Å²) in [6.45, 7) is 1.84. The van der Waals surface area contributed by atoms with E-state index in [0.29, 0.717) is 16.8 Å². The molecule has 1 aromatic heterocycles. The van der Waals surface area contributed by atoms with E-state index in [1.807, 2.05) is 0 Å². The number of rotatable bonds is 3. The van der Waals surface area contributed by atoms with Gasteiger partial charge < -0.3 is 10.0 Å². The minimum Gasteiger partial charge on any atom is -0.396 e. The van der Waals surface area contributed by atoms with Crippen LogP contribution in [0.1, 0.15) is 12.8 Å². The number of hydrogen-bond acceptors (Lipinski definition) is 6. The smallest absolute Gasteiger partial charge is 0.239 e. The van der Waals surface area contributed by atoms with Gasteiger partial charge in [-0.1, -0.05) is 11.6 Å². The van der Waals surface area contributed by atoms with E-state index >= 15 is 0 Å². The molecule has 0 radical (unpaired) electrons. The monoisotopic (exact) mass is 257 g/mol. The lowest BCUT2D eigenvalue weighted by Crippen LogP contribution is -2.37. The quantitative estimate of drug-likeness (QED) is 0.544. The third-order valence-corrected chi connectivity index (χ3v) is 3.20. The van der Waals surface area contributed by atoms with Gasteiger partial charge in [-0.05, 0) is 18.8 Å². The van der Waals surface area contributed by atoms with Crippen LogP contribution in [0.2, 0.25) is 5.02 Å². The van der Waals surface area contributed by atoms with Crippen molar-refractivity contribution in [3.8, 4) is 0 Å². The van der Waals surface area contributed by atoms with Crippen LogP contribution >= 0.6 is 11.6 Å². The maximum absolute atomic E-state index is 9.20. The van der Waals surface area contributed by atoms with Gasteiger partial charge >= 0.3 is 0 Å². The van der Waals surface area contributed by atoms with Crippen molar-refractivity contribution in [2.24, 2.45) is 11.8 Å². The number of hydrazine groups is 1. The molecule has 1 saturated heterocycles. The largest absolute Gasteiger partial charge is 0.396 e. The summed E-state index contributed by atoms with van der Waals surface area (Å²) in [7, 11) is 0. The zero-order valence-corrected chi connectivity index (χ0v) is 10.2. The summed E-state index contributed by atoms with van der Waals surface area (Å²) in [6.07, 6.45) is 3.59. The summed E-state index contributed by atoms with van der Waals surface area (Å²) in [5.41, 5.74) is 2.40. The fourth-order valence-corrected chi connectivity index (χ4v) is 2.27. The molecule has 1 aliphatic heterocycles. The van der Waals surface area contributed by atoms with E-state index in [-0.39, 0.29) is 12.5 Å². The Hall–Kier alpha value is -1.11. The maximum atomic E-state index is 9.20. The van der Waals surface area contributed by atoms with Gasteiger partial charge in [-0.15, -0.1) is 0 Å². The maximum Gasteiger partial charge on any atom is 0.239 e. The van der Waals surface area contributed by atoms with Crippen LogP contribution in [-0.2, 0) is 0 Å². The van der Waals surface area contributed by atoms with Gasteiger partial charge in [-0.3, -0.25) is 5.43 Å². The van der Waals surface area contributed by atoms with Gasteiger partial charge in [-0.25, -0.2) is 10.8 Å². The summed E-state index contributed by atoms with van der Waals surface area (Å²) in [6, 6.07) is 0. The van der Waals surface area contributed by atoms with Gasteiger partial charge in [0, 0.05) is 19.7 Å². The molecular formula is C10H16ClN5O. The number of nitrogens with two attached hydrogens (primary N) is 1. The Labute approximate surface area is 105 Å². The molecule has 7 heteroatoms. The number of nitrogen functional groups attached to an aromatic ring is 1. The van der Waals surface area contributed by atoms with Gasteiger partial charge in [-0.2, -0.15) is 4.98 Å². The third-order valence-electron chi connectivity index (χ3n) is 2.93. The minimum atomic E-state index is 0.196. The van der Waals surface area contributed by atoms with E-state index in [4.69, 9.17) is 17.4 Å². The number of halogens is 1. The highest BCUT2D eigenvalue weighted by Gasteiger charge is 2.22. The summed E-state index contributed by atoms with van der Waals surface area (Å²) in [4.78, 5) is 10.2. The number of piperidine rings is 1. The first-order valence-electron chi connectivity index (χ1n) is 5.59. The van der Waals surface area contributed by atoms with Crippen molar-refractivity contribution in [3.63, 3.8) is 0 Å². The first kappa shape index (κ1) is 12.3. The van der Waals surface area contributed by atoms with Gasteiger partial charge in [0.25, 0.3) is 0 Å². The zero-order chi connectivity index (χ0) is 12.3. The SMILES string of the molecule is NNc1ncc(Cl)c(N2CCCC(CO)C2)n1. The Morgan fingerprint density at radius 3 is 3.18 bits per heavy atom. The molecule has 94 valence electrons. The topological polar surface area (TPSA) is 87.3 Å². The minimum absolute atomic E-state index is 0.196. The lowest BCUT2D eigenvalue weighted by atomic mass is 9.99. The molecule has 4 N–H and O–H groups in total. The van der Waals surface area contributed by atoms with E-state index in [1.54, 1.807) is 0 Å². The Kier molecular flexibility index (Phi) is 3.98. The molecule has 2 rings (SSSR count). The molecule has 0 bridgehead atoms. The van der Waals surface area contributed by atoms with Gasteiger partial charge in [0.05, 0.1) is 6.20 Å². The molecule has 17 heavy (non-hydrogen) atoms. The number of aliphatic hydroxyl groups excluding tert-OH is 1. The number of nitrogens with zero attached hydrogens (tertiary/aromatic N) is 3. The number of nitrogens with one attached hydrogen (secondary N) is 1. The van der Waals surface area contributed by atoms with Gasteiger partial charge in [0.1, 0.15) is 5.02 Å². The van der Waals surface area contributed by atoms with Crippen molar-refractivity contribution in [2.75, 3.05) is 30.0 Å². The van der Waals surface area contributed by atoms with E-state index < -0.39 is 0 Å². The molecule has 0 aliphatic carbocycles. The molecule has 0 saturated carbocycles. The number of aliphatic hydroxyl groups is 1. The van der Waals surface area contributed by atoms with Crippen LogP contribution in [0.4, 0.5) is 11.8 Å². The highest BCUT2D eigenvalue weighted by atomic mass is 35.5. The fourth-order valence-electron chi connectivity index (χ4n) is 2.06. The fraction of sp³-hybridized carbons (Fsp3) is 0.600. The lowest BCUT2D eigenvalue weighted by Gasteiger charge is -2.33. The molecular weight excluding hydrogens is 242 g/mol. The second-order valence-corrected chi connectivity index (χ2v) is 4.55. The Morgan fingerprint density at radius 2 is 2.47 bits per heavy atom. The van der Waals surface area contributed by atoms with Crippen LogP contribution in [0, 0.1) is 5.92 Å². The first-order chi connectivity index (χ1) is 8.24. The normalized spacial score (nSPS) is 20.4. The van der Waals surface area contributed by atoms with Crippen molar-refractivity contribution < 1.29 is 5.11 Å². The predicted molar refractivity (Wildman–Crippen MR) is 66.9 cm³/mol. The van der Waals surface area contributed by atoms with Crippen LogP contribution in [0.5, 0.6) is 0 Å². The lowest BCUT2D eigenvalue weighted by molar-refractivity contribution is 0.208. The van der Waals surface area contributed by atoms with E-state index in [2.05, 4.69) is 20.3 Å². The molecule has 1 unspecified atom stereocenters. The summed E-state index contributed by atoms with van der Waals surface area (Å²) >= 11 is 6.08. The molecule has 0 spiro atoms. The van der Waals surface area contributed by atoms with Crippen molar-refractivity contribution in [2.45, 2.75) is 12.8 Å². The molecule has 0 aromatic carbocycles. The Morgan fingerprint density at radius 1 is 1.65 bits per heavy atom. The highest BCUT2D eigenvalue weighted by molar-refractivity contribution is 6.32. The second-order valence-electron chi connectivity index (χ2n) is 4.15. The van der Waals surface area contributed by atoms with Crippen LogP contribution in [-0.4, -0.2) is 34.8 Å². The summed E-state index contributed by atoms with van der Waals surface area (Å²) in [5.74, 6) is 6.57. The number of anilines is 2. The van der Waals surface area contributed by atoms with Crippen molar-refractivity contribution in [1.82, 2.24) is 9.97 Å². The second kappa shape index (κ2) is 5.48. The molecule has 1 aliphatic rings. The third kappa shape index (κ3) is 2.77. The van der Waals surface area contributed by atoms with Crippen LogP contribution in [0.25, 0.3) is 0 Å². The molecule has 1 atom stereocenters. The standard InChI is InChI=1S/C10H16ClN5O/c11-8-4-13-10(15-12)14-9(8)16-3-1-2-7(5-16)6-17/h4,7,17H,1-3,5-6,12H2,(H,13,14,15). The van der Waals surface area contributed by atoms with Gasteiger partial charge in [0.15, 0.2) is 5.82 Å².